The number of imide groups is 1. The van der Waals surface area contributed by atoms with Gasteiger partial charge in [-0.2, -0.15) is 0 Å². The molecule has 0 saturated heterocycles. The highest BCUT2D eigenvalue weighted by Gasteiger charge is 2.39. The van der Waals surface area contributed by atoms with Crippen LogP contribution < -0.4 is 0 Å². The molecule has 4 rings (SSSR count). The van der Waals surface area contributed by atoms with Gasteiger partial charge in [0.2, 0.25) is 0 Å². The maximum Gasteiger partial charge on any atom is 0.364 e. The first kappa shape index (κ1) is 14.6. The van der Waals surface area contributed by atoms with E-state index in [0.29, 0.717) is 10.6 Å². The Morgan fingerprint density at radius 2 is 1.54 bits per heavy atom. The van der Waals surface area contributed by atoms with Crippen molar-refractivity contribution in [3.63, 3.8) is 0 Å². The summed E-state index contributed by atoms with van der Waals surface area (Å²) in [6.07, 6.45) is 3.86. The molecule has 0 unspecified atom stereocenters. The number of carbonyl (C=O) groups excluding carboxylic acids is 3. The zero-order chi connectivity index (χ0) is 16.7. The molecule has 0 fully saturated rings. The number of nitrogens with zero attached hydrogens (tertiary/aromatic N) is 1. The van der Waals surface area contributed by atoms with Gasteiger partial charge in [-0.15, -0.1) is 0 Å². The van der Waals surface area contributed by atoms with Crippen LogP contribution in [0.3, 0.4) is 0 Å². The van der Waals surface area contributed by atoms with E-state index in [1.807, 2.05) is 12.1 Å². The number of amides is 2. The quantitative estimate of drug-likeness (QED) is 0.798. The Morgan fingerprint density at radius 3 is 2.25 bits per heavy atom. The number of fused-ring (bicyclic) bond motifs is 2. The fraction of sp³-hybridized carbons (Fsp3) is 0.211. The molecule has 0 spiro atoms. The number of hydrogen-bond donors (Lipinski definition) is 0. The van der Waals surface area contributed by atoms with E-state index in [1.165, 1.54) is 0 Å². The second-order valence-electron chi connectivity index (χ2n) is 5.98. The largest absolute Gasteiger partial charge is 0.364 e. The second kappa shape index (κ2) is 5.60. The molecule has 0 atom stereocenters. The van der Waals surface area contributed by atoms with Crippen molar-refractivity contribution in [2.24, 2.45) is 0 Å². The van der Waals surface area contributed by atoms with E-state index >= 15 is 0 Å². The van der Waals surface area contributed by atoms with Gasteiger partial charge in [-0.05, 0) is 55.0 Å². The summed E-state index contributed by atoms with van der Waals surface area (Å²) < 4.78 is 0. The smallest absolute Gasteiger partial charge is 0.324 e. The molecule has 24 heavy (non-hydrogen) atoms. The van der Waals surface area contributed by atoms with Crippen LogP contribution in [-0.2, 0) is 17.7 Å². The Bertz CT molecular complexity index is 836. The van der Waals surface area contributed by atoms with Crippen molar-refractivity contribution in [2.45, 2.75) is 25.7 Å². The summed E-state index contributed by atoms with van der Waals surface area (Å²) >= 11 is 0. The molecule has 1 heterocycles. The van der Waals surface area contributed by atoms with Gasteiger partial charge < -0.3 is 4.84 Å². The lowest BCUT2D eigenvalue weighted by Crippen LogP contribution is -2.33. The molecule has 1 aliphatic carbocycles. The van der Waals surface area contributed by atoms with Crippen LogP contribution in [0.5, 0.6) is 0 Å². The molecule has 2 aliphatic rings. The molecule has 2 aromatic carbocycles. The van der Waals surface area contributed by atoms with Crippen molar-refractivity contribution in [1.82, 2.24) is 5.06 Å². The van der Waals surface area contributed by atoms with Crippen LogP contribution in [-0.4, -0.2) is 22.8 Å². The van der Waals surface area contributed by atoms with Crippen LogP contribution in [0.1, 0.15) is 55.0 Å². The number of carbonyl (C=O) groups is 3. The molecule has 5 nitrogen and oxygen atoms in total. The molecule has 0 N–H and O–H groups in total. The van der Waals surface area contributed by atoms with Gasteiger partial charge in [0.1, 0.15) is 0 Å². The summed E-state index contributed by atoms with van der Waals surface area (Å²) in [5.74, 6) is -1.87. The van der Waals surface area contributed by atoms with Crippen LogP contribution in [0.4, 0.5) is 0 Å². The number of rotatable bonds is 2. The fourth-order valence-corrected chi connectivity index (χ4v) is 3.35. The van der Waals surface area contributed by atoms with Crippen molar-refractivity contribution in [1.29, 1.82) is 0 Å². The molecule has 0 radical (unpaired) electrons. The van der Waals surface area contributed by atoms with E-state index in [2.05, 4.69) is 0 Å². The van der Waals surface area contributed by atoms with Crippen molar-refractivity contribution in [2.75, 3.05) is 0 Å². The van der Waals surface area contributed by atoms with Crippen molar-refractivity contribution >= 4 is 17.8 Å². The Labute approximate surface area is 138 Å². The van der Waals surface area contributed by atoms with Crippen LogP contribution in [0.2, 0.25) is 0 Å². The lowest BCUT2D eigenvalue weighted by Gasteiger charge is -2.19. The van der Waals surface area contributed by atoms with E-state index in [-0.39, 0.29) is 11.1 Å². The Balaban J connectivity index is 1.62. The minimum absolute atomic E-state index is 0.255. The van der Waals surface area contributed by atoms with Crippen LogP contribution in [0.15, 0.2) is 42.5 Å². The predicted molar refractivity (Wildman–Crippen MR) is 85.4 cm³/mol. The number of hydrogen-bond acceptors (Lipinski definition) is 4. The Hall–Kier alpha value is -2.95. The minimum atomic E-state index is -0.664. The number of benzene rings is 2. The number of aryl methyl sites for hydroxylation is 1. The molecule has 0 bridgehead atoms. The molecule has 2 aromatic rings. The highest BCUT2D eigenvalue weighted by molar-refractivity contribution is 6.21. The van der Waals surface area contributed by atoms with Gasteiger partial charge in [0.05, 0.1) is 16.7 Å². The summed E-state index contributed by atoms with van der Waals surface area (Å²) in [6, 6.07) is 11.9. The zero-order valence-corrected chi connectivity index (χ0v) is 13.0. The monoisotopic (exact) mass is 321 g/mol. The van der Waals surface area contributed by atoms with Crippen molar-refractivity contribution in [3.8, 4) is 0 Å². The molecule has 0 aromatic heterocycles. The molecular formula is C19H15NO4. The average molecular weight is 321 g/mol. The van der Waals surface area contributed by atoms with Gasteiger partial charge in [0.25, 0.3) is 11.8 Å². The summed E-state index contributed by atoms with van der Waals surface area (Å²) in [6.45, 7) is 0. The van der Waals surface area contributed by atoms with E-state index in [0.717, 1.165) is 36.8 Å². The molecule has 5 heteroatoms. The van der Waals surface area contributed by atoms with Gasteiger partial charge >= 0.3 is 5.97 Å². The molecular weight excluding hydrogens is 306 g/mol. The third-order valence-corrected chi connectivity index (χ3v) is 4.55. The highest BCUT2D eigenvalue weighted by Crippen LogP contribution is 2.27. The highest BCUT2D eigenvalue weighted by atomic mass is 16.7. The van der Waals surface area contributed by atoms with Crippen LogP contribution in [0.25, 0.3) is 0 Å². The summed E-state index contributed by atoms with van der Waals surface area (Å²) in [5.41, 5.74) is 3.04. The molecule has 120 valence electrons. The maximum atomic E-state index is 12.5. The van der Waals surface area contributed by atoms with Gasteiger partial charge in [-0.1, -0.05) is 29.3 Å². The molecule has 2 amide bonds. The predicted octanol–water partition coefficient (Wildman–Crippen LogP) is 2.93. The third-order valence-electron chi connectivity index (χ3n) is 4.55. The summed E-state index contributed by atoms with van der Waals surface area (Å²) in [4.78, 5) is 42.3. The number of hydroxylamine groups is 2. The second-order valence-corrected chi connectivity index (χ2v) is 5.98. The van der Waals surface area contributed by atoms with E-state index in [9.17, 15) is 14.4 Å². The van der Waals surface area contributed by atoms with Crippen LogP contribution in [0, 0.1) is 0 Å². The van der Waals surface area contributed by atoms with Gasteiger partial charge in [-0.25, -0.2) is 4.79 Å². The summed E-state index contributed by atoms with van der Waals surface area (Å²) in [5, 5.41) is 0.565. The van der Waals surface area contributed by atoms with Crippen molar-refractivity contribution in [3.05, 3.63) is 70.3 Å². The third kappa shape index (κ3) is 2.21. The fourth-order valence-electron chi connectivity index (χ4n) is 3.35. The first-order valence-electron chi connectivity index (χ1n) is 7.97. The zero-order valence-electron chi connectivity index (χ0n) is 13.0. The van der Waals surface area contributed by atoms with E-state index in [1.54, 1.807) is 30.3 Å². The first-order chi connectivity index (χ1) is 11.7. The average Bonchev–Trinajstić information content (AvgIpc) is 2.86. The van der Waals surface area contributed by atoms with E-state index in [4.69, 9.17) is 4.84 Å². The maximum absolute atomic E-state index is 12.5. The Morgan fingerprint density at radius 1 is 0.875 bits per heavy atom. The normalized spacial score (nSPS) is 15.9. The first-order valence-corrected chi connectivity index (χ1v) is 7.97. The van der Waals surface area contributed by atoms with Crippen molar-refractivity contribution < 1.29 is 19.2 Å². The van der Waals surface area contributed by atoms with E-state index < -0.39 is 17.8 Å². The minimum Gasteiger partial charge on any atom is -0.324 e. The van der Waals surface area contributed by atoms with Gasteiger partial charge in [0.15, 0.2) is 0 Å². The Kier molecular flexibility index (Phi) is 3.41. The van der Waals surface area contributed by atoms with Crippen LogP contribution >= 0.6 is 0 Å². The molecule has 0 saturated carbocycles. The SMILES string of the molecule is O=C(ON1C(=O)c2ccccc2C1=O)c1cccc2c1CCCC2. The topological polar surface area (TPSA) is 63.7 Å². The van der Waals surface area contributed by atoms with Gasteiger partial charge in [-0.3, -0.25) is 9.59 Å². The molecule has 1 aliphatic heterocycles. The lowest BCUT2D eigenvalue weighted by molar-refractivity contribution is -0.0585. The lowest BCUT2D eigenvalue weighted by atomic mass is 9.88. The van der Waals surface area contributed by atoms with Gasteiger partial charge in [0, 0.05) is 0 Å². The summed E-state index contributed by atoms with van der Waals surface area (Å²) in [7, 11) is 0. The standard InChI is InChI=1S/C19H15NO4/c21-17-14-9-3-4-10-15(14)18(22)20(17)24-19(23)16-11-5-7-12-6-1-2-8-13(12)16/h3-5,7,9-11H,1-2,6,8H2.